The number of imidazole rings is 1. The van der Waals surface area contributed by atoms with Gasteiger partial charge in [-0.15, -0.1) is 0 Å². The van der Waals surface area contributed by atoms with Gasteiger partial charge in [0.15, 0.2) is 12.4 Å². The number of nitrogens with zero attached hydrogens (tertiary/aromatic N) is 5. The van der Waals surface area contributed by atoms with Crippen LogP contribution in [0.5, 0.6) is 0 Å². The van der Waals surface area contributed by atoms with Crippen molar-refractivity contribution in [1.29, 1.82) is 0 Å². The van der Waals surface area contributed by atoms with E-state index in [1.54, 1.807) is 24.0 Å². The summed E-state index contributed by atoms with van der Waals surface area (Å²) in [6, 6.07) is 10.7. The van der Waals surface area contributed by atoms with Gasteiger partial charge in [0.1, 0.15) is 17.4 Å². The maximum absolute atomic E-state index is 12.8. The molecule has 0 aliphatic heterocycles. The third-order valence-electron chi connectivity index (χ3n) is 5.41. The molecule has 12 heteroatoms. The summed E-state index contributed by atoms with van der Waals surface area (Å²) in [7, 11) is 1.80. The lowest BCUT2D eigenvalue weighted by atomic mass is 10.1. The average Bonchev–Trinajstić information content (AvgIpc) is 3.46. The van der Waals surface area contributed by atoms with E-state index in [2.05, 4.69) is 20.4 Å². The maximum atomic E-state index is 12.8. The number of alkyl halides is 3. The smallest absolute Gasteiger partial charge is 0.417 e. The van der Waals surface area contributed by atoms with E-state index >= 15 is 0 Å². The molecule has 0 bridgehead atoms. The van der Waals surface area contributed by atoms with Crippen molar-refractivity contribution in [2.75, 3.05) is 6.61 Å². The van der Waals surface area contributed by atoms with Gasteiger partial charge < -0.3 is 14.6 Å². The fourth-order valence-corrected chi connectivity index (χ4v) is 3.53. The van der Waals surface area contributed by atoms with Crippen molar-refractivity contribution in [2.45, 2.75) is 19.1 Å². The highest BCUT2D eigenvalue weighted by Gasteiger charge is 2.31. The van der Waals surface area contributed by atoms with Crippen molar-refractivity contribution in [3.63, 3.8) is 0 Å². The van der Waals surface area contributed by atoms with Crippen molar-refractivity contribution in [3.05, 3.63) is 95.5 Å². The Bertz CT molecular complexity index is 1360. The van der Waals surface area contributed by atoms with E-state index in [0.717, 1.165) is 17.7 Å². The molecule has 0 fully saturated rings. The molecule has 0 saturated carbocycles. The van der Waals surface area contributed by atoms with Crippen LogP contribution in [0.2, 0.25) is 0 Å². The number of halogens is 3. The number of amides is 1. The number of aromatic nitrogens is 5. The molecule has 1 atom stereocenters. The van der Waals surface area contributed by atoms with Crippen LogP contribution in [0, 0.1) is 6.92 Å². The first-order valence-electron chi connectivity index (χ1n) is 10.7. The summed E-state index contributed by atoms with van der Waals surface area (Å²) in [5, 5.41) is 6.84. The summed E-state index contributed by atoms with van der Waals surface area (Å²) in [6.07, 6.45) is 0.738. The van der Waals surface area contributed by atoms with Crippen LogP contribution < -0.4 is 5.32 Å². The molecule has 186 valence electrons. The molecule has 0 aliphatic carbocycles. The van der Waals surface area contributed by atoms with Gasteiger partial charge >= 0.3 is 12.1 Å². The lowest BCUT2D eigenvalue weighted by Crippen LogP contribution is -2.34. The SMILES string of the molecule is Cc1c(C(=O)OCC(=O)N[C@H](c2ccccc2)c2nccn2C)cnn1-c1ccc(C(F)(F)F)cn1. The zero-order chi connectivity index (χ0) is 25.9. The lowest BCUT2D eigenvalue weighted by Gasteiger charge is -2.19. The van der Waals surface area contributed by atoms with Crippen LogP contribution in [0.25, 0.3) is 5.82 Å². The number of hydrogen-bond acceptors (Lipinski definition) is 6. The van der Waals surface area contributed by atoms with Crippen molar-refractivity contribution < 1.29 is 27.5 Å². The summed E-state index contributed by atoms with van der Waals surface area (Å²) in [5.74, 6) is -0.663. The molecular weight excluding hydrogens is 477 g/mol. The van der Waals surface area contributed by atoms with Gasteiger partial charge in [-0.3, -0.25) is 4.79 Å². The van der Waals surface area contributed by atoms with Crippen LogP contribution in [-0.2, 0) is 22.8 Å². The Morgan fingerprint density at radius 1 is 1.08 bits per heavy atom. The van der Waals surface area contributed by atoms with Gasteiger partial charge in [0.25, 0.3) is 5.91 Å². The molecule has 0 saturated heterocycles. The molecular formula is C24H21F3N6O3. The Morgan fingerprint density at radius 3 is 2.44 bits per heavy atom. The maximum Gasteiger partial charge on any atom is 0.417 e. The second-order valence-electron chi connectivity index (χ2n) is 7.84. The number of nitrogens with one attached hydrogen (secondary N) is 1. The quantitative estimate of drug-likeness (QED) is 0.392. The van der Waals surface area contributed by atoms with Crippen LogP contribution in [0.3, 0.4) is 0 Å². The summed E-state index contributed by atoms with van der Waals surface area (Å²) in [6.45, 7) is 0.977. The van der Waals surface area contributed by atoms with Gasteiger partial charge in [-0.25, -0.2) is 19.4 Å². The molecule has 1 amide bonds. The van der Waals surface area contributed by atoms with Crippen LogP contribution in [0.1, 0.15) is 39.0 Å². The number of rotatable bonds is 7. The Morgan fingerprint density at radius 2 is 1.83 bits per heavy atom. The van der Waals surface area contributed by atoms with Crippen LogP contribution in [0.15, 0.2) is 67.3 Å². The minimum atomic E-state index is -4.52. The number of carbonyl (C=O) groups excluding carboxylic acids is 2. The third kappa shape index (κ3) is 5.27. The van der Waals surface area contributed by atoms with Crippen molar-refractivity contribution in [3.8, 4) is 5.82 Å². The molecule has 4 rings (SSSR count). The van der Waals surface area contributed by atoms with Gasteiger partial charge in [-0.05, 0) is 24.6 Å². The summed E-state index contributed by atoms with van der Waals surface area (Å²) < 4.78 is 46.5. The summed E-state index contributed by atoms with van der Waals surface area (Å²) in [5.41, 5.74) is 0.241. The monoisotopic (exact) mass is 498 g/mol. The van der Waals surface area contributed by atoms with E-state index in [-0.39, 0.29) is 11.4 Å². The Kier molecular flexibility index (Phi) is 6.86. The highest BCUT2D eigenvalue weighted by molar-refractivity contribution is 5.92. The second kappa shape index (κ2) is 10.0. The lowest BCUT2D eigenvalue weighted by molar-refractivity contribution is -0.137. The molecule has 9 nitrogen and oxygen atoms in total. The topological polar surface area (TPSA) is 104 Å². The Labute approximate surface area is 203 Å². The van der Waals surface area contributed by atoms with E-state index < -0.39 is 36.3 Å². The van der Waals surface area contributed by atoms with E-state index in [1.807, 2.05) is 30.3 Å². The van der Waals surface area contributed by atoms with Crippen LogP contribution >= 0.6 is 0 Å². The van der Waals surface area contributed by atoms with Crippen molar-refractivity contribution in [2.24, 2.45) is 7.05 Å². The van der Waals surface area contributed by atoms with Crippen molar-refractivity contribution >= 4 is 11.9 Å². The van der Waals surface area contributed by atoms with Gasteiger partial charge in [-0.1, -0.05) is 30.3 Å². The number of ether oxygens (including phenoxy) is 1. The van der Waals surface area contributed by atoms with Crippen LogP contribution in [0.4, 0.5) is 13.2 Å². The third-order valence-corrected chi connectivity index (χ3v) is 5.41. The first kappa shape index (κ1) is 24.6. The highest BCUT2D eigenvalue weighted by Crippen LogP contribution is 2.29. The van der Waals surface area contributed by atoms with E-state index in [9.17, 15) is 22.8 Å². The minimum Gasteiger partial charge on any atom is -0.452 e. The van der Waals surface area contributed by atoms with E-state index in [1.165, 1.54) is 17.8 Å². The molecule has 0 unspecified atom stereocenters. The number of carbonyl (C=O) groups is 2. The predicted octanol–water partition coefficient (Wildman–Crippen LogP) is 3.39. The number of pyridine rings is 1. The fourth-order valence-electron chi connectivity index (χ4n) is 3.53. The second-order valence-corrected chi connectivity index (χ2v) is 7.84. The van der Waals surface area contributed by atoms with Crippen molar-refractivity contribution in [1.82, 2.24) is 29.6 Å². The van der Waals surface area contributed by atoms with Gasteiger partial charge in [0, 0.05) is 25.6 Å². The molecule has 1 N–H and O–H groups in total. The molecule has 3 heterocycles. The molecule has 3 aromatic heterocycles. The summed E-state index contributed by atoms with van der Waals surface area (Å²) >= 11 is 0. The number of hydrogen-bond donors (Lipinski definition) is 1. The normalized spacial score (nSPS) is 12.2. The molecule has 0 aliphatic rings. The van der Waals surface area contributed by atoms with Gasteiger partial charge in [0.05, 0.1) is 17.5 Å². The average molecular weight is 498 g/mol. The zero-order valence-corrected chi connectivity index (χ0v) is 19.2. The highest BCUT2D eigenvalue weighted by atomic mass is 19.4. The van der Waals surface area contributed by atoms with Gasteiger partial charge in [-0.2, -0.15) is 18.3 Å². The molecule has 4 aromatic rings. The molecule has 0 spiro atoms. The number of aryl methyl sites for hydroxylation is 1. The molecule has 36 heavy (non-hydrogen) atoms. The Balaban J connectivity index is 1.43. The number of esters is 1. The van der Waals surface area contributed by atoms with Crippen LogP contribution in [-0.4, -0.2) is 42.8 Å². The predicted molar refractivity (Wildman–Crippen MR) is 121 cm³/mol. The standard InChI is InChI=1S/C24H21F3N6O3/c1-15-18(13-30-33(15)19-9-8-17(12-29-19)24(25,26)27)23(35)36-14-20(34)31-21(16-6-4-3-5-7-16)22-28-10-11-32(22)2/h3-13,21H,14H2,1-2H3,(H,31,34)/t21-/m1/s1. The number of benzene rings is 1. The Hall–Kier alpha value is -4.48. The fraction of sp³-hybridized carbons (Fsp3) is 0.208. The van der Waals surface area contributed by atoms with E-state index in [0.29, 0.717) is 17.7 Å². The largest absolute Gasteiger partial charge is 0.452 e. The molecule has 0 radical (unpaired) electrons. The van der Waals surface area contributed by atoms with Gasteiger partial charge in [0.2, 0.25) is 0 Å². The molecule has 1 aromatic carbocycles. The zero-order valence-electron chi connectivity index (χ0n) is 19.2. The van der Waals surface area contributed by atoms with E-state index in [4.69, 9.17) is 4.74 Å². The first-order valence-corrected chi connectivity index (χ1v) is 10.7. The summed E-state index contributed by atoms with van der Waals surface area (Å²) in [4.78, 5) is 33.3. The first-order chi connectivity index (χ1) is 17.1. The minimum absolute atomic E-state index is 0.0493.